The van der Waals surface area contributed by atoms with Gasteiger partial charge in [0, 0.05) is 30.2 Å². The van der Waals surface area contributed by atoms with E-state index < -0.39 is 10.0 Å². The Labute approximate surface area is 178 Å². The summed E-state index contributed by atoms with van der Waals surface area (Å²) in [6.45, 7) is 3.43. The van der Waals surface area contributed by atoms with Crippen molar-refractivity contribution in [3.63, 3.8) is 0 Å². The molecule has 1 aliphatic rings. The number of halogens is 1. The molecule has 0 saturated carbocycles. The van der Waals surface area contributed by atoms with Gasteiger partial charge in [0.2, 0.25) is 10.0 Å². The summed E-state index contributed by atoms with van der Waals surface area (Å²) >= 11 is 5.89. The standard InChI is InChI=1S/C22H27ClN2O3S/c1-17-7-12-20(29(27,28)25-14-3-2-4-15-25)16-21(17)22(26)24-13-5-6-18-8-10-19(23)11-9-18/h7-12,16H,2-6,13-15H2,1H3,(H,24,26). The smallest absolute Gasteiger partial charge is 0.251 e. The Hall–Kier alpha value is -1.89. The highest BCUT2D eigenvalue weighted by molar-refractivity contribution is 7.89. The van der Waals surface area contributed by atoms with Crippen LogP contribution in [0.3, 0.4) is 0 Å². The van der Waals surface area contributed by atoms with Crippen molar-refractivity contribution in [2.45, 2.75) is 43.9 Å². The molecule has 0 unspecified atom stereocenters. The second-order valence-electron chi connectivity index (χ2n) is 7.43. The third kappa shape index (κ3) is 5.59. The lowest BCUT2D eigenvalue weighted by atomic mass is 10.1. The summed E-state index contributed by atoms with van der Waals surface area (Å²) in [6, 6.07) is 12.5. The first kappa shape index (κ1) is 21.8. The molecule has 0 aromatic heterocycles. The molecule has 29 heavy (non-hydrogen) atoms. The monoisotopic (exact) mass is 434 g/mol. The molecule has 1 amide bonds. The van der Waals surface area contributed by atoms with Crippen molar-refractivity contribution in [3.8, 4) is 0 Å². The van der Waals surface area contributed by atoms with Gasteiger partial charge in [0.15, 0.2) is 0 Å². The summed E-state index contributed by atoms with van der Waals surface area (Å²) in [6.07, 6.45) is 4.44. The number of benzene rings is 2. The normalized spacial score (nSPS) is 15.2. The molecular formula is C22H27ClN2O3S. The van der Waals surface area contributed by atoms with Gasteiger partial charge in [-0.3, -0.25) is 4.79 Å². The van der Waals surface area contributed by atoms with Crippen molar-refractivity contribution < 1.29 is 13.2 Å². The van der Waals surface area contributed by atoms with E-state index in [1.807, 2.05) is 31.2 Å². The Balaban J connectivity index is 1.62. The predicted octanol–water partition coefficient (Wildman–Crippen LogP) is 4.19. The fraction of sp³-hybridized carbons (Fsp3) is 0.409. The summed E-state index contributed by atoms with van der Waals surface area (Å²) in [5, 5.41) is 3.61. The van der Waals surface area contributed by atoms with Gasteiger partial charge in [0.05, 0.1) is 4.90 Å². The molecule has 0 atom stereocenters. The molecule has 0 bridgehead atoms. The first-order chi connectivity index (χ1) is 13.9. The molecule has 2 aromatic carbocycles. The van der Waals surface area contributed by atoms with E-state index in [2.05, 4.69) is 5.32 Å². The van der Waals surface area contributed by atoms with Gasteiger partial charge in [-0.15, -0.1) is 0 Å². The highest BCUT2D eigenvalue weighted by Gasteiger charge is 2.27. The number of carbonyl (C=O) groups is 1. The van der Waals surface area contributed by atoms with Crippen molar-refractivity contribution in [2.24, 2.45) is 0 Å². The molecule has 1 N–H and O–H groups in total. The fourth-order valence-corrected chi connectivity index (χ4v) is 5.17. The highest BCUT2D eigenvalue weighted by atomic mass is 35.5. The minimum absolute atomic E-state index is 0.191. The second kappa shape index (κ2) is 9.74. The largest absolute Gasteiger partial charge is 0.352 e. The topological polar surface area (TPSA) is 66.5 Å². The molecule has 1 heterocycles. The van der Waals surface area contributed by atoms with Crippen LogP contribution < -0.4 is 5.32 Å². The highest BCUT2D eigenvalue weighted by Crippen LogP contribution is 2.23. The van der Waals surface area contributed by atoms with Crippen molar-refractivity contribution in [1.29, 1.82) is 0 Å². The van der Waals surface area contributed by atoms with Crippen molar-refractivity contribution in [2.75, 3.05) is 19.6 Å². The predicted molar refractivity (Wildman–Crippen MR) is 116 cm³/mol. The average Bonchev–Trinajstić information content (AvgIpc) is 2.73. The van der Waals surface area contributed by atoms with Gasteiger partial charge in [0.25, 0.3) is 5.91 Å². The summed E-state index contributed by atoms with van der Waals surface area (Å²) in [5.74, 6) is -0.241. The Morgan fingerprint density at radius 1 is 1.07 bits per heavy atom. The van der Waals surface area contributed by atoms with E-state index in [1.54, 1.807) is 12.1 Å². The van der Waals surface area contributed by atoms with Crippen LogP contribution in [0.15, 0.2) is 47.4 Å². The van der Waals surface area contributed by atoms with E-state index in [4.69, 9.17) is 11.6 Å². The summed E-state index contributed by atoms with van der Waals surface area (Å²) in [5.41, 5.74) is 2.34. The van der Waals surface area contributed by atoms with Gasteiger partial charge >= 0.3 is 0 Å². The number of nitrogens with one attached hydrogen (secondary N) is 1. The maximum atomic E-state index is 12.9. The van der Waals surface area contributed by atoms with Crippen LogP contribution in [0.25, 0.3) is 0 Å². The molecule has 1 saturated heterocycles. The Bertz CT molecular complexity index is 953. The Morgan fingerprint density at radius 3 is 2.45 bits per heavy atom. The Morgan fingerprint density at radius 2 is 1.76 bits per heavy atom. The molecule has 1 fully saturated rings. The van der Waals surface area contributed by atoms with Crippen LogP contribution in [0.4, 0.5) is 0 Å². The van der Waals surface area contributed by atoms with Gasteiger partial charge in [0.1, 0.15) is 0 Å². The third-order valence-electron chi connectivity index (χ3n) is 5.25. The number of hydrogen-bond acceptors (Lipinski definition) is 3. The lowest BCUT2D eigenvalue weighted by molar-refractivity contribution is 0.0952. The van der Waals surface area contributed by atoms with Crippen molar-refractivity contribution in [1.82, 2.24) is 9.62 Å². The number of amides is 1. The second-order valence-corrected chi connectivity index (χ2v) is 9.80. The third-order valence-corrected chi connectivity index (χ3v) is 7.39. The van der Waals surface area contributed by atoms with Gasteiger partial charge in [-0.25, -0.2) is 8.42 Å². The van der Waals surface area contributed by atoms with Crippen molar-refractivity contribution in [3.05, 3.63) is 64.2 Å². The number of piperidine rings is 1. The molecular weight excluding hydrogens is 408 g/mol. The van der Waals surface area contributed by atoms with Gasteiger partial charge in [-0.05, 0) is 68.0 Å². The average molecular weight is 435 g/mol. The van der Waals surface area contributed by atoms with E-state index in [-0.39, 0.29) is 10.8 Å². The van der Waals surface area contributed by atoms with Crippen LogP contribution in [0.1, 0.15) is 47.2 Å². The van der Waals surface area contributed by atoms with Crippen LogP contribution in [-0.4, -0.2) is 38.3 Å². The lowest BCUT2D eigenvalue weighted by Crippen LogP contribution is -2.35. The van der Waals surface area contributed by atoms with E-state index in [1.165, 1.54) is 10.4 Å². The molecule has 156 valence electrons. The van der Waals surface area contributed by atoms with E-state index in [0.717, 1.165) is 43.2 Å². The molecule has 0 aliphatic carbocycles. The van der Waals surface area contributed by atoms with Gasteiger partial charge in [-0.1, -0.05) is 36.2 Å². The summed E-state index contributed by atoms with van der Waals surface area (Å²) < 4.78 is 27.3. The fourth-order valence-electron chi connectivity index (χ4n) is 3.50. The van der Waals surface area contributed by atoms with Crippen LogP contribution in [0.5, 0.6) is 0 Å². The van der Waals surface area contributed by atoms with E-state index in [0.29, 0.717) is 30.2 Å². The number of nitrogens with zero attached hydrogens (tertiary/aromatic N) is 1. The molecule has 3 rings (SSSR count). The number of carbonyl (C=O) groups excluding carboxylic acids is 1. The number of rotatable bonds is 7. The van der Waals surface area contributed by atoms with E-state index >= 15 is 0 Å². The minimum Gasteiger partial charge on any atom is -0.352 e. The lowest BCUT2D eigenvalue weighted by Gasteiger charge is -2.26. The molecule has 2 aromatic rings. The maximum Gasteiger partial charge on any atom is 0.251 e. The maximum absolute atomic E-state index is 12.9. The zero-order valence-electron chi connectivity index (χ0n) is 16.7. The van der Waals surface area contributed by atoms with Crippen molar-refractivity contribution >= 4 is 27.5 Å². The first-order valence-electron chi connectivity index (χ1n) is 10.0. The summed E-state index contributed by atoms with van der Waals surface area (Å²) in [4.78, 5) is 12.8. The van der Waals surface area contributed by atoms with Gasteiger partial charge < -0.3 is 5.32 Å². The molecule has 5 nitrogen and oxygen atoms in total. The van der Waals surface area contributed by atoms with Crippen LogP contribution in [0.2, 0.25) is 5.02 Å². The van der Waals surface area contributed by atoms with Gasteiger partial charge in [-0.2, -0.15) is 4.31 Å². The number of hydrogen-bond donors (Lipinski definition) is 1. The van der Waals surface area contributed by atoms with Crippen LogP contribution in [0, 0.1) is 6.92 Å². The zero-order chi connectivity index (χ0) is 20.9. The number of aryl methyl sites for hydroxylation is 2. The molecule has 7 heteroatoms. The zero-order valence-corrected chi connectivity index (χ0v) is 18.2. The quantitative estimate of drug-likeness (QED) is 0.664. The molecule has 0 spiro atoms. The minimum atomic E-state index is -3.56. The van der Waals surface area contributed by atoms with Crippen LogP contribution in [-0.2, 0) is 16.4 Å². The summed E-state index contributed by atoms with van der Waals surface area (Å²) in [7, 11) is -3.56. The SMILES string of the molecule is Cc1ccc(S(=O)(=O)N2CCCCC2)cc1C(=O)NCCCc1ccc(Cl)cc1. The van der Waals surface area contributed by atoms with Crippen LogP contribution >= 0.6 is 11.6 Å². The van der Waals surface area contributed by atoms with E-state index in [9.17, 15) is 13.2 Å². The molecule has 1 aliphatic heterocycles. The Kier molecular flexibility index (Phi) is 7.33. The first-order valence-corrected chi connectivity index (χ1v) is 11.8. The number of sulfonamides is 1. The molecule has 0 radical (unpaired) electrons.